The van der Waals surface area contributed by atoms with E-state index in [1.165, 1.54) is 18.2 Å². The number of hydrogen-bond acceptors (Lipinski definition) is 2. The molecule has 0 saturated heterocycles. The summed E-state index contributed by atoms with van der Waals surface area (Å²) in [5.41, 5.74) is 0.500. The van der Waals surface area contributed by atoms with Crippen LogP contribution < -0.4 is 0 Å². The molecular weight excluding hydrogens is 310 g/mol. The summed E-state index contributed by atoms with van der Waals surface area (Å²) < 4.78 is 18.3. The van der Waals surface area contributed by atoms with Gasteiger partial charge < -0.3 is 4.74 Å². The maximum absolute atomic E-state index is 13.4. The molecule has 0 fully saturated rings. The summed E-state index contributed by atoms with van der Waals surface area (Å²) in [5, 5.41) is 0.824. The predicted molar refractivity (Wildman–Crippen MR) is 69.8 cm³/mol. The highest BCUT2D eigenvalue weighted by atomic mass is 79.9. The van der Waals surface area contributed by atoms with E-state index in [0.717, 1.165) is 0 Å². The number of hydrogen-bond donors (Lipinski definition) is 0. The average Bonchev–Trinajstić information content (AvgIpc) is 2.30. The SMILES string of the molecule is C/C(=C/c1c(F)cccc1Cl)C(=O)OCCBr. The summed E-state index contributed by atoms with van der Waals surface area (Å²) in [7, 11) is 0. The Morgan fingerprint density at radius 2 is 2.29 bits per heavy atom. The Morgan fingerprint density at radius 3 is 2.88 bits per heavy atom. The Morgan fingerprint density at radius 1 is 1.59 bits per heavy atom. The van der Waals surface area contributed by atoms with Gasteiger partial charge in [0.1, 0.15) is 12.4 Å². The van der Waals surface area contributed by atoms with Crippen molar-refractivity contribution >= 4 is 39.6 Å². The molecule has 17 heavy (non-hydrogen) atoms. The molecule has 0 unspecified atom stereocenters. The van der Waals surface area contributed by atoms with Crippen LogP contribution in [-0.2, 0) is 9.53 Å². The lowest BCUT2D eigenvalue weighted by Gasteiger charge is -2.04. The highest BCUT2D eigenvalue weighted by Crippen LogP contribution is 2.22. The van der Waals surface area contributed by atoms with Gasteiger partial charge in [-0.05, 0) is 25.1 Å². The normalized spacial score (nSPS) is 11.4. The van der Waals surface area contributed by atoms with Gasteiger partial charge in [-0.1, -0.05) is 33.6 Å². The Kier molecular flexibility index (Phi) is 5.65. The fraction of sp³-hybridized carbons (Fsp3) is 0.250. The number of halogens is 3. The Bertz CT molecular complexity index is 426. The zero-order valence-electron chi connectivity index (χ0n) is 9.17. The summed E-state index contributed by atoms with van der Waals surface area (Å²) in [6, 6.07) is 4.36. The molecule has 0 saturated carbocycles. The molecule has 5 heteroatoms. The van der Waals surface area contributed by atoms with Crippen molar-refractivity contribution in [3.8, 4) is 0 Å². The minimum Gasteiger partial charge on any atom is -0.461 e. The van der Waals surface area contributed by atoms with Crippen molar-refractivity contribution in [3.05, 3.63) is 40.2 Å². The van der Waals surface area contributed by atoms with E-state index < -0.39 is 11.8 Å². The average molecular weight is 322 g/mol. The largest absolute Gasteiger partial charge is 0.461 e. The second kappa shape index (κ2) is 6.77. The fourth-order valence-corrected chi connectivity index (χ4v) is 1.55. The smallest absolute Gasteiger partial charge is 0.333 e. The molecule has 92 valence electrons. The van der Waals surface area contributed by atoms with Crippen molar-refractivity contribution in [2.45, 2.75) is 6.92 Å². The third kappa shape index (κ3) is 4.13. The zero-order valence-corrected chi connectivity index (χ0v) is 11.5. The van der Waals surface area contributed by atoms with Gasteiger partial charge >= 0.3 is 5.97 Å². The summed E-state index contributed by atoms with van der Waals surface area (Å²) in [4.78, 5) is 11.5. The molecule has 1 aromatic rings. The molecule has 0 N–H and O–H groups in total. The summed E-state index contributed by atoms with van der Waals surface area (Å²) >= 11 is 8.98. The van der Waals surface area contributed by atoms with Gasteiger partial charge in [0.05, 0.1) is 5.02 Å². The van der Waals surface area contributed by atoms with Crippen LogP contribution in [0.15, 0.2) is 23.8 Å². The van der Waals surface area contributed by atoms with E-state index in [2.05, 4.69) is 15.9 Å². The van der Waals surface area contributed by atoms with Gasteiger partial charge in [-0.3, -0.25) is 0 Å². The van der Waals surface area contributed by atoms with Crippen LogP contribution >= 0.6 is 27.5 Å². The lowest BCUT2D eigenvalue weighted by Crippen LogP contribution is -2.07. The second-order valence-corrected chi connectivity index (χ2v) is 4.49. The van der Waals surface area contributed by atoms with Crippen LogP contribution in [0, 0.1) is 5.82 Å². The highest BCUT2D eigenvalue weighted by molar-refractivity contribution is 9.09. The van der Waals surface area contributed by atoms with E-state index in [9.17, 15) is 9.18 Å². The molecule has 0 atom stereocenters. The minimum atomic E-state index is -0.483. The molecule has 0 radical (unpaired) electrons. The molecule has 0 aromatic heterocycles. The maximum atomic E-state index is 13.4. The molecule has 1 rings (SSSR count). The standard InChI is InChI=1S/C12H11BrClFO2/c1-8(12(16)17-6-5-13)7-9-10(14)3-2-4-11(9)15/h2-4,7H,5-6H2,1H3/b8-7-. The van der Waals surface area contributed by atoms with Gasteiger partial charge in [0.15, 0.2) is 0 Å². The van der Waals surface area contributed by atoms with Crippen LogP contribution in [0.4, 0.5) is 4.39 Å². The highest BCUT2D eigenvalue weighted by Gasteiger charge is 2.09. The van der Waals surface area contributed by atoms with Crippen molar-refractivity contribution in [3.63, 3.8) is 0 Å². The second-order valence-electron chi connectivity index (χ2n) is 3.29. The van der Waals surface area contributed by atoms with Gasteiger partial charge in [-0.15, -0.1) is 0 Å². The third-order valence-corrected chi connectivity index (χ3v) is 2.65. The molecule has 0 amide bonds. The van der Waals surface area contributed by atoms with Crippen molar-refractivity contribution in [1.82, 2.24) is 0 Å². The maximum Gasteiger partial charge on any atom is 0.333 e. The van der Waals surface area contributed by atoms with E-state index in [1.54, 1.807) is 13.0 Å². The molecule has 0 spiro atoms. The monoisotopic (exact) mass is 320 g/mol. The van der Waals surface area contributed by atoms with Gasteiger partial charge in [-0.2, -0.15) is 0 Å². The predicted octanol–water partition coefficient (Wildman–Crippen LogP) is 3.82. The van der Waals surface area contributed by atoms with Crippen molar-refractivity contribution in [2.24, 2.45) is 0 Å². The third-order valence-electron chi connectivity index (χ3n) is 1.99. The number of benzene rings is 1. The quantitative estimate of drug-likeness (QED) is 0.479. The van der Waals surface area contributed by atoms with Crippen molar-refractivity contribution < 1.29 is 13.9 Å². The van der Waals surface area contributed by atoms with Crippen molar-refractivity contribution in [2.75, 3.05) is 11.9 Å². The number of esters is 1. The first-order valence-electron chi connectivity index (χ1n) is 4.91. The van der Waals surface area contributed by atoms with Crippen LogP contribution in [0.1, 0.15) is 12.5 Å². The lowest BCUT2D eigenvalue weighted by molar-refractivity contribution is -0.138. The van der Waals surface area contributed by atoms with Crippen molar-refractivity contribution in [1.29, 1.82) is 0 Å². The Balaban J connectivity index is 2.91. The Labute approximate surface area is 113 Å². The van der Waals surface area contributed by atoms with E-state index in [-0.39, 0.29) is 17.2 Å². The summed E-state index contributed by atoms with van der Waals surface area (Å²) in [6.45, 7) is 1.83. The van der Waals surface area contributed by atoms with Gasteiger partial charge in [0.25, 0.3) is 0 Å². The molecule has 2 nitrogen and oxygen atoms in total. The molecule has 0 aliphatic carbocycles. The number of ether oxygens (including phenoxy) is 1. The number of alkyl halides is 1. The topological polar surface area (TPSA) is 26.3 Å². The first-order valence-corrected chi connectivity index (χ1v) is 6.41. The zero-order chi connectivity index (χ0) is 12.8. The van der Waals surface area contributed by atoms with Gasteiger partial charge in [-0.25, -0.2) is 9.18 Å². The molecule has 1 aromatic carbocycles. The first-order chi connectivity index (χ1) is 8.06. The van der Waals surface area contributed by atoms with Crippen LogP contribution in [0.5, 0.6) is 0 Å². The van der Waals surface area contributed by atoms with Crippen LogP contribution in [0.3, 0.4) is 0 Å². The Hall–Kier alpha value is -0.870. The van der Waals surface area contributed by atoms with E-state index in [0.29, 0.717) is 10.9 Å². The number of rotatable bonds is 4. The lowest BCUT2D eigenvalue weighted by atomic mass is 10.1. The summed E-state index contributed by atoms with van der Waals surface area (Å²) in [6.07, 6.45) is 1.38. The molecular formula is C12H11BrClFO2. The van der Waals surface area contributed by atoms with E-state index >= 15 is 0 Å². The molecule has 0 aliphatic rings. The van der Waals surface area contributed by atoms with Crippen LogP contribution in [0.2, 0.25) is 5.02 Å². The van der Waals surface area contributed by atoms with E-state index in [1.807, 2.05) is 0 Å². The van der Waals surface area contributed by atoms with E-state index in [4.69, 9.17) is 16.3 Å². The van der Waals surface area contributed by atoms with Crippen LogP contribution in [-0.4, -0.2) is 17.9 Å². The molecule has 0 aliphatic heterocycles. The summed E-state index contributed by atoms with van der Waals surface area (Å²) in [5.74, 6) is -0.950. The first kappa shape index (κ1) is 14.2. The van der Waals surface area contributed by atoms with Gasteiger partial charge in [0.2, 0.25) is 0 Å². The van der Waals surface area contributed by atoms with Gasteiger partial charge in [0, 0.05) is 16.5 Å². The molecule has 0 bridgehead atoms. The fourth-order valence-electron chi connectivity index (χ4n) is 1.17. The van der Waals surface area contributed by atoms with Crippen LogP contribution in [0.25, 0.3) is 6.08 Å². The number of carbonyl (C=O) groups is 1. The molecule has 0 heterocycles. The number of carbonyl (C=O) groups excluding carboxylic acids is 1. The minimum absolute atomic E-state index is 0.197.